The second-order valence-corrected chi connectivity index (χ2v) is 16.3. The molecule has 4 aromatic rings. The fraction of sp³-hybridized carbons (Fsp3) is 0.625. The van der Waals surface area contributed by atoms with E-state index < -0.39 is 0 Å². The van der Waals surface area contributed by atoms with E-state index in [2.05, 4.69) is 94.9 Å². The molecular weight excluding hydrogens is 713 g/mol. The Bertz CT molecular complexity index is 1700. The molecule has 1 N–H and O–H groups in total. The molecule has 1 unspecified atom stereocenters. The second kappa shape index (κ2) is 27.4. The summed E-state index contributed by atoms with van der Waals surface area (Å²) in [6, 6.07) is 9.26. The third-order valence-electron chi connectivity index (χ3n) is 10.2. The highest BCUT2D eigenvalue weighted by atomic mass is 32.1. The molecule has 8 heteroatoms. The average Bonchev–Trinajstić information content (AvgIpc) is 3.89. The Kier molecular flexibility index (Phi) is 24.9. The number of hydrogen-bond donors (Lipinski definition) is 1. The SMILES string of the molecule is CC.CC(=O)C1CC1.CC=O.CCCC.CCn1c(-c2cc(C)cnc2C(C)OC)c(CC(C)(C)CC)c2cc(-c3csc(CCCCCCNC)n3)ccc21. The summed E-state index contributed by atoms with van der Waals surface area (Å²) in [5.41, 5.74) is 9.80. The van der Waals surface area contributed by atoms with Crippen LogP contribution in [0.5, 0.6) is 0 Å². The lowest BCUT2D eigenvalue weighted by Gasteiger charge is -2.24. The molecule has 1 atom stereocenters. The largest absolute Gasteiger partial charge is 0.375 e. The van der Waals surface area contributed by atoms with Crippen LogP contribution < -0.4 is 5.32 Å². The molecule has 5 rings (SSSR count). The van der Waals surface area contributed by atoms with Gasteiger partial charge in [0.1, 0.15) is 12.1 Å². The van der Waals surface area contributed by atoms with Gasteiger partial charge >= 0.3 is 0 Å². The van der Waals surface area contributed by atoms with Crippen LogP contribution in [0.3, 0.4) is 0 Å². The number of rotatable bonds is 17. The van der Waals surface area contributed by atoms with E-state index in [0.717, 1.165) is 62.9 Å². The number of nitrogens with one attached hydrogen (secondary N) is 1. The number of carbonyl (C=O) groups excluding carboxylic acids is 2. The maximum absolute atomic E-state index is 10.2. The van der Waals surface area contributed by atoms with Crippen molar-refractivity contribution in [2.45, 2.75) is 166 Å². The smallest absolute Gasteiger partial charge is 0.132 e. The molecule has 1 saturated carbocycles. The van der Waals surface area contributed by atoms with Crippen molar-refractivity contribution >= 4 is 34.3 Å². The number of aryl methyl sites for hydroxylation is 3. The number of aromatic nitrogens is 3. The number of ketones is 1. The summed E-state index contributed by atoms with van der Waals surface area (Å²) in [4.78, 5) is 29.0. The van der Waals surface area contributed by atoms with Gasteiger partial charge in [0.05, 0.1) is 28.2 Å². The van der Waals surface area contributed by atoms with Gasteiger partial charge in [-0.25, -0.2) is 4.98 Å². The maximum atomic E-state index is 10.2. The van der Waals surface area contributed by atoms with Crippen molar-refractivity contribution in [1.82, 2.24) is 19.9 Å². The van der Waals surface area contributed by atoms with Gasteiger partial charge in [-0.1, -0.05) is 86.6 Å². The first-order valence-corrected chi connectivity index (χ1v) is 22.4. The van der Waals surface area contributed by atoms with Crippen molar-refractivity contribution in [3.8, 4) is 22.5 Å². The monoisotopic (exact) mass is 791 g/mol. The van der Waals surface area contributed by atoms with E-state index in [4.69, 9.17) is 19.5 Å². The van der Waals surface area contributed by atoms with Gasteiger partial charge in [-0.15, -0.1) is 11.3 Å². The minimum absolute atomic E-state index is 0.0896. The number of nitrogens with zero attached hydrogens (tertiary/aromatic N) is 3. The summed E-state index contributed by atoms with van der Waals surface area (Å²) in [5.74, 6) is 0.833. The number of unbranched alkanes of at least 4 members (excludes halogenated alkanes) is 4. The van der Waals surface area contributed by atoms with Crippen molar-refractivity contribution in [2.24, 2.45) is 11.3 Å². The Morgan fingerprint density at radius 1 is 1.07 bits per heavy atom. The first-order chi connectivity index (χ1) is 26.9. The van der Waals surface area contributed by atoms with E-state index in [-0.39, 0.29) is 11.5 Å². The van der Waals surface area contributed by atoms with Crippen LogP contribution in [0.2, 0.25) is 0 Å². The average molecular weight is 791 g/mol. The van der Waals surface area contributed by atoms with Crippen molar-refractivity contribution in [3.63, 3.8) is 0 Å². The van der Waals surface area contributed by atoms with E-state index in [0.29, 0.717) is 11.7 Å². The first-order valence-electron chi connectivity index (χ1n) is 21.5. The number of Topliss-reactive ketones (excluding diaryl/α,β-unsaturated/α-hetero) is 1. The van der Waals surface area contributed by atoms with Gasteiger partial charge in [0.15, 0.2) is 0 Å². The molecule has 3 aromatic heterocycles. The summed E-state index contributed by atoms with van der Waals surface area (Å²) in [7, 11) is 3.80. The maximum Gasteiger partial charge on any atom is 0.132 e. The quantitative estimate of drug-likeness (QED) is 0.0847. The zero-order valence-electron chi connectivity index (χ0n) is 37.9. The molecule has 0 radical (unpaired) electrons. The van der Waals surface area contributed by atoms with Crippen LogP contribution in [-0.2, 0) is 33.7 Å². The van der Waals surface area contributed by atoms with E-state index in [1.807, 2.05) is 27.1 Å². The number of fused-ring (bicyclic) bond motifs is 1. The molecule has 0 spiro atoms. The van der Waals surface area contributed by atoms with Gasteiger partial charge in [-0.2, -0.15) is 0 Å². The fourth-order valence-corrected chi connectivity index (χ4v) is 7.04. The van der Waals surface area contributed by atoms with E-state index in [9.17, 15) is 4.79 Å². The van der Waals surface area contributed by atoms with E-state index in [1.165, 1.54) is 89.3 Å². The van der Waals surface area contributed by atoms with Gasteiger partial charge in [0.25, 0.3) is 0 Å². The predicted octanol–water partition coefficient (Wildman–Crippen LogP) is 13.2. The van der Waals surface area contributed by atoms with E-state index in [1.54, 1.807) is 25.4 Å². The second-order valence-electron chi connectivity index (χ2n) is 15.3. The highest BCUT2D eigenvalue weighted by Gasteiger charge is 2.28. The molecule has 1 aromatic carbocycles. The lowest BCUT2D eigenvalue weighted by Crippen LogP contribution is -2.15. The summed E-state index contributed by atoms with van der Waals surface area (Å²) < 4.78 is 8.29. The molecule has 1 fully saturated rings. The van der Waals surface area contributed by atoms with Crippen LogP contribution in [0.15, 0.2) is 35.8 Å². The molecule has 3 heterocycles. The van der Waals surface area contributed by atoms with Crippen LogP contribution in [0.4, 0.5) is 0 Å². The summed E-state index contributed by atoms with van der Waals surface area (Å²) in [6.07, 6.45) is 15.7. The number of hydrogen-bond acceptors (Lipinski definition) is 7. The van der Waals surface area contributed by atoms with Crippen molar-refractivity contribution in [3.05, 3.63) is 57.7 Å². The minimum atomic E-state index is -0.0896. The molecule has 0 aliphatic heterocycles. The van der Waals surface area contributed by atoms with Crippen molar-refractivity contribution in [1.29, 1.82) is 0 Å². The topological polar surface area (TPSA) is 86.1 Å². The zero-order valence-corrected chi connectivity index (χ0v) is 38.7. The highest BCUT2D eigenvalue weighted by Crippen LogP contribution is 2.42. The van der Waals surface area contributed by atoms with Gasteiger partial charge in [0.2, 0.25) is 0 Å². The molecule has 1 aliphatic rings. The molecule has 0 amide bonds. The molecule has 1 aliphatic carbocycles. The normalized spacial score (nSPS) is 12.5. The molecule has 0 bridgehead atoms. The van der Waals surface area contributed by atoms with Crippen LogP contribution in [0, 0.1) is 18.3 Å². The number of ether oxygens (including phenoxy) is 1. The molecule has 314 valence electrons. The van der Waals surface area contributed by atoms with Gasteiger partial charge in [-0.3, -0.25) is 9.78 Å². The Hall–Kier alpha value is -3.20. The summed E-state index contributed by atoms with van der Waals surface area (Å²) >= 11 is 1.80. The Morgan fingerprint density at radius 3 is 2.23 bits per heavy atom. The predicted molar refractivity (Wildman–Crippen MR) is 243 cm³/mol. The Morgan fingerprint density at radius 2 is 1.71 bits per heavy atom. The lowest BCUT2D eigenvalue weighted by atomic mass is 9.81. The molecule has 0 saturated heterocycles. The Labute approximate surface area is 345 Å². The minimum Gasteiger partial charge on any atom is -0.375 e. The summed E-state index contributed by atoms with van der Waals surface area (Å²) in [5, 5.41) is 8.06. The lowest BCUT2D eigenvalue weighted by molar-refractivity contribution is -0.118. The molecule has 56 heavy (non-hydrogen) atoms. The van der Waals surface area contributed by atoms with Gasteiger partial charge in [-0.05, 0) is 121 Å². The number of methoxy groups -OCH3 is 1. The standard InChI is InChI=1S/C35H50N4OS.C5H8O.C4H10.C2H4O.C2H6/c1-9-35(5,6)21-29-27-20-26(30-23-41-32(38-30)15-13-11-12-14-18-36-7)16-17-31(27)39(10-2)34(29)28-19-24(3)22-37-33(28)25(4)40-8;1-4(6)5-2-3-5;1-3-4-2;1-2-3;1-2/h16-17,19-20,22-23,25,36H,9-15,18,21H2,1-8H3;5H,2-3H2,1H3;3-4H2,1-2H3;2H,1H3;1-2H3. The number of thiazole rings is 1. The van der Waals surface area contributed by atoms with E-state index >= 15 is 0 Å². The van der Waals surface area contributed by atoms with Gasteiger partial charge in [0, 0.05) is 53.2 Å². The van der Waals surface area contributed by atoms with Crippen LogP contribution in [0.25, 0.3) is 33.4 Å². The van der Waals surface area contributed by atoms with Crippen molar-refractivity contribution < 1.29 is 14.3 Å². The fourth-order valence-electron chi connectivity index (χ4n) is 6.19. The zero-order chi connectivity index (χ0) is 42.3. The van der Waals surface area contributed by atoms with Crippen LogP contribution >= 0.6 is 11.3 Å². The molecule has 7 nitrogen and oxygen atoms in total. The number of pyridine rings is 1. The first kappa shape index (κ1) is 50.8. The highest BCUT2D eigenvalue weighted by molar-refractivity contribution is 7.09. The Balaban J connectivity index is 0.000000887. The van der Waals surface area contributed by atoms with Crippen LogP contribution in [0.1, 0.15) is 162 Å². The summed E-state index contributed by atoms with van der Waals surface area (Å²) in [6.45, 7) is 27.0. The number of aldehydes is 1. The third-order valence-corrected chi connectivity index (χ3v) is 11.1. The van der Waals surface area contributed by atoms with Gasteiger partial charge < -0.3 is 19.4 Å². The third kappa shape index (κ3) is 16.3. The van der Waals surface area contributed by atoms with Crippen LogP contribution in [-0.4, -0.2) is 47.3 Å². The number of carbonyl (C=O) groups is 2. The number of benzene rings is 1. The molecular formula is C48H78N4O3S. The van der Waals surface area contributed by atoms with Crippen molar-refractivity contribution in [2.75, 3.05) is 20.7 Å².